The zero-order chi connectivity index (χ0) is 24.9. The second-order valence-electron chi connectivity index (χ2n) is 7.68. The molecule has 10 heteroatoms. The lowest BCUT2D eigenvalue weighted by atomic mass is 10.2. The first kappa shape index (κ1) is 24.3. The topological polar surface area (TPSA) is 94.6 Å². The van der Waals surface area contributed by atoms with E-state index in [1.807, 2.05) is 50.2 Å². The molecule has 0 aliphatic carbocycles. The summed E-state index contributed by atoms with van der Waals surface area (Å²) in [6.07, 6.45) is 3.08. The summed E-state index contributed by atoms with van der Waals surface area (Å²) in [4.78, 5) is 14.6. The first-order valence-electron chi connectivity index (χ1n) is 10.6. The zero-order valence-corrected chi connectivity index (χ0v) is 20.4. The Hall–Kier alpha value is -3.88. The van der Waals surface area contributed by atoms with Crippen molar-refractivity contribution in [1.82, 2.24) is 9.55 Å². The monoisotopic (exact) mass is 509 g/mol. The Kier molecular flexibility index (Phi) is 7.33. The molecular weight excluding hydrogens is 489 g/mol. The van der Waals surface area contributed by atoms with Gasteiger partial charge in [-0.15, -0.1) is 0 Å². The van der Waals surface area contributed by atoms with Crippen molar-refractivity contribution in [2.24, 2.45) is 5.10 Å². The largest absolute Gasteiger partial charge is 0.489 e. The molecular formula is C25H21Cl2N5O3. The number of hydrogen-bond acceptors (Lipinski definition) is 6. The molecule has 0 saturated heterocycles. The average Bonchev–Trinajstić information content (AvgIpc) is 3.12. The highest BCUT2D eigenvalue weighted by atomic mass is 35.5. The zero-order valence-electron chi connectivity index (χ0n) is 18.9. The van der Waals surface area contributed by atoms with Crippen molar-refractivity contribution < 1.29 is 9.66 Å². The van der Waals surface area contributed by atoms with Crippen LogP contribution in [-0.2, 0) is 6.61 Å². The Morgan fingerprint density at radius 3 is 2.63 bits per heavy atom. The number of pyridine rings is 1. The number of nitro groups is 1. The van der Waals surface area contributed by atoms with Crippen LogP contribution in [0.1, 0.15) is 22.5 Å². The first-order valence-corrected chi connectivity index (χ1v) is 11.3. The molecule has 0 spiro atoms. The van der Waals surface area contributed by atoms with Crippen molar-refractivity contribution in [2.75, 3.05) is 5.43 Å². The maximum Gasteiger partial charge on any atom is 0.313 e. The summed E-state index contributed by atoms with van der Waals surface area (Å²) < 4.78 is 7.96. The molecule has 0 aliphatic rings. The summed E-state index contributed by atoms with van der Waals surface area (Å²) >= 11 is 12.2. The summed E-state index contributed by atoms with van der Waals surface area (Å²) in [5.74, 6) is 0.795. The van der Waals surface area contributed by atoms with Gasteiger partial charge in [0.1, 0.15) is 12.4 Å². The van der Waals surface area contributed by atoms with Gasteiger partial charge in [0.25, 0.3) is 0 Å². The van der Waals surface area contributed by atoms with E-state index in [0.717, 1.165) is 28.2 Å². The lowest BCUT2D eigenvalue weighted by molar-refractivity contribution is -0.384. The number of hydrogen-bond donors (Lipinski definition) is 1. The highest BCUT2D eigenvalue weighted by Gasteiger charge is 2.14. The third-order valence-corrected chi connectivity index (χ3v) is 5.92. The summed E-state index contributed by atoms with van der Waals surface area (Å²) in [5.41, 5.74) is 7.17. The van der Waals surface area contributed by atoms with E-state index in [2.05, 4.69) is 20.1 Å². The van der Waals surface area contributed by atoms with Crippen molar-refractivity contribution in [2.45, 2.75) is 20.5 Å². The number of rotatable bonds is 8. The molecule has 2 aromatic carbocycles. The molecule has 8 nitrogen and oxygen atoms in total. The van der Waals surface area contributed by atoms with Crippen LogP contribution < -0.4 is 10.2 Å². The Morgan fingerprint density at radius 1 is 1.14 bits per heavy atom. The van der Waals surface area contributed by atoms with Crippen LogP contribution in [0.4, 0.5) is 11.5 Å². The molecule has 35 heavy (non-hydrogen) atoms. The van der Waals surface area contributed by atoms with Crippen molar-refractivity contribution in [1.29, 1.82) is 0 Å². The van der Waals surface area contributed by atoms with Gasteiger partial charge < -0.3 is 9.30 Å². The number of benzene rings is 2. The first-order chi connectivity index (χ1) is 16.8. The molecule has 2 heterocycles. The Balaban J connectivity index is 1.47. The van der Waals surface area contributed by atoms with Crippen molar-refractivity contribution in [3.63, 3.8) is 0 Å². The van der Waals surface area contributed by atoms with Crippen LogP contribution >= 0.6 is 23.2 Å². The minimum absolute atomic E-state index is 0.0815. The van der Waals surface area contributed by atoms with E-state index in [1.54, 1.807) is 18.3 Å². The van der Waals surface area contributed by atoms with Crippen LogP contribution in [0, 0.1) is 24.0 Å². The molecule has 0 atom stereocenters. The fraction of sp³-hybridized carbons (Fsp3) is 0.120. The van der Waals surface area contributed by atoms with Gasteiger partial charge in [0, 0.05) is 50.5 Å². The van der Waals surface area contributed by atoms with Gasteiger partial charge in [-0.25, -0.2) is 4.98 Å². The van der Waals surface area contributed by atoms with Crippen LogP contribution in [0.3, 0.4) is 0 Å². The molecule has 0 bridgehead atoms. The molecule has 4 rings (SSSR count). The molecule has 4 aromatic rings. The molecule has 0 amide bonds. The predicted octanol–water partition coefficient (Wildman–Crippen LogP) is 6.73. The summed E-state index contributed by atoms with van der Waals surface area (Å²) in [6.45, 7) is 4.30. The fourth-order valence-electron chi connectivity index (χ4n) is 3.60. The average molecular weight is 510 g/mol. The van der Waals surface area contributed by atoms with Crippen LogP contribution in [0.2, 0.25) is 10.0 Å². The van der Waals surface area contributed by atoms with E-state index in [-0.39, 0.29) is 11.5 Å². The molecule has 0 radical (unpaired) electrons. The highest BCUT2D eigenvalue weighted by molar-refractivity contribution is 6.35. The molecule has 0 fully saturated rings. The van der Waals surface area contributed by atoms with Crippen molar-refractivity contribution in [3.05, 3.63) is 110 Å². The van der Waals surface area contributed by atoms with Gasteiger partial charge in [-0.2, -0.15) is 5.10 Å². The standard InChI is InChI=1S/C25H21Cl2N5O3/c1-16-12-19(14-29-30-25-24(32(33)34)4-3-11-28-25)17(2)31(16)21-7-9-22(10-8-21)35-15-18-5-6-20(26)13-23(18)27/h3-14H,15H2,1-2H3,(H,28,30)/b29-14-. The van der Waals surface area contributed by atoms with Crippen molar-refractivity contribution in [3.8, 4) is 11.4 Å². The van der Waals surface area contributed by atoms with E-state index in [9.17, 15) is 10.1 Å². The summed E-state index contributed by atoms with van der Waals surface area (Å²) in [5, 5.41) is 16.4. The minimum atomic E-state index is -0.506. The summed E-state index contributed by atoms with van der Waals surface area (Å²) in [7, 11) is 0. The van der Waals surface area contributed by atoms with Gasteiger partial charge >= 0.3 is 5.69 Å². The third-order valence-electron chi connectivity index (χ3n) is 5.33. The van der Waals surface area contributed by atoms with Crippen molar-refractivity contribution >= 4 is 40.9 Å². The van der Waals surface area contributed by atoms with Gasteiger partial charge in [-0.05, 0) is 62.4 Å². The van der Waals surface area contributed by atoms with Gasteiger partial charge in [-0.3, -0.25) is 15.5 Å². The quantitative estimate of drug-likeness (QED) is 0.161. The van der Waals surface area contributed by atoms with Crippen LogP contribution in [0.15, 0.2) is 72.0 Å². The minimum Gasteiger partial charge on any atom is -0.489 e. The normalized spacial score (nSPS) is 11.1. The molecule has 2 aromatic heterocycles. The molecule has 0 aliphatic heterocycles. The summed E-state index contributed by atoms with van der Waals surface area (Å²) in [6, 6.07) is 17.9. The molecule has 1 N–H and O–H groups in total. The second-order valence-corrected chi connectivity index (χ2v) is 8.52. The number of aryl methyl sites for hydroxylation is 1. The number of anilines is 1. The van der Waals surface area contributed by atoms with Crippen LogP contribution in [0.25, 0.3) is 5.69 Å². The van der Waals surface area contributed by atoms with E-state index < -0.39 is 4.92 Å². The second kappa shape index (κ2) is 10.6. The smallest absolute Gasteiger partial charge is 0.313 e. The molecule has 0 unspecified atom stereocenters. The highest BCUT2D eigenvalue weighted by Crippen LogP contribution is 2.25. The van der Waals surface area contributed by atoms with Crippen LogP contribution in [0.5, 0.6) is 5.75 Å². The van der Waals surface area contributed by atoms with E-state index in [4.69, 9.17) is 27.9 Å². The number of nitrogens with zero attached hydrogens (tertiary/aromatic N) is 4. The van der Waals surface area contributed by atoms with Gasteiger partial charge in [0.2, 0.25) is 5.82 Å². The Bertz CT molecular complexity index is 1400. The Labute approximate surface area is 211 Å². The van der Waals surface area contributed by atoms with E-state index in [1.165, 1.54) is 18.3 Å². The third kappa shape index (κ3) is 5.62. The predicted molar refractivity (Wildman–Crippen MR) is 138 cm³/mol. The number of hydrazone groups is 1. The number of aromatic nitrogens is 2. The molecule has 0 saturated carbocycles. The SMILES string of the molecule is Cc1cc(/C=N\Nc2ncccc2[N+](=O)[O-])c(C)n1-c1ccc(OCc2ccc(Cl)cc2Cl)cc1. The maximum absolute atomic E-state index is 11.1. The number of ether oxygens (including phenoxy) is 1. The van der Waals surface area contributed by atoms with Crippen LogP contribution in [-0.4, -0.2) is 20.7 Å². The fourth-order valence-corrected chi connectivity index (χ4v) is 4.06. The van der Waals surface area contributed by atoms with E-state index >= 15 is 0 Å². The van der Waals surface area contributed by atoms with Gasteiger partial charge in [0.05, 0.1) is 11.1 Å². The molecule has 178 valence electrons. The van der Waals surface area contributed by atoms with Gasteiger partial charge in [-0.1, -0.05) is 29.3 Å². The Morgan fingerprint density at radius 2 is 1.91 bits per heavy atom. The van der Waals surface area contributed by atoms with E-state index in [0.29, 0.717) is 22.4 Å². The van der Waals surface area contributed by atoms with Gasteiger partial charge in [0.15, 0.2) is 0 Å². The number of halogens is 2. The lowest BCUT2D eigenvalue weighted by Crippen LogP contribution is -2.01. The number of nitrogens with one attached hydrogen (secondary N) is 1. The lowest BCUT2D eigenvalue weighted by Gasteiger charge is -2.12. The maximum atomic E-state index is 11.1.